The van der Waals surface area contributed by atoms with Gasteiger partial charge in [-0.05, 0) is 18.2 Å². The molecule has 5 nitrogen and oxygen atoms in total. The van der Waals surface area contributed by atoms with E-state index >= 15 is 0 Å². The Labute approximate surface area is 138 Å². The molecule has 0 spiro atoms. The molecule has 2 heterocycles. The maximum Gasteiger partial charge on any atom is 0.205 e. The van der Waals surface area contributed by atoms with Crippen molar-refractivity contribution in [1.29, 1.82) is 5.26 Å². The SMILES string of the molecule is N#CC1=C(N)Oc2cc(O)ccc2C1c1ccc2ccccc2n1. The molecule has 3 aromatic rings. The first-order valence-corrected chi connectivity index (χ1v) is 7.43. The Morgan fingerprint density at radius 3 is 2.79 bits per heavy atom. The molecule has 1 aliphatic rings. The predicted octanol–water partition coefficient (Wildman–Crippen LogP) is 3.16. The Morgan fingerprint density at radius 1 is 1.12 bits per heavy atom. The fraction of sp³-hybridized carbons (Fsp3) is 0.0526. The minimum Gasteiger partial charge on any atom is -0.508 e. The number of nitrogens with two attached hydrogens (primary N) is 1. The fourth-order valence-electron chi connectivity index (χ4n) is 2.99. The number of pyridine rings is 1. The standard InChI is InChI=1S/C19H13N3O2/c20-10-14-18(13-7-6-12(23)9-17(13)24-19(14)21)16-8-5-11-3-1-2-4-15(11)22-16/h1-9,18,23H,21H2. The molecule has 1 unspecified atom stereocenters. The number of aromatic hydroxyl groups is 1. The number of ether oxygens (including phenoxy) is 1. The van der Waals surface area contributed by atoms with E-state index in [2.05, 4.69) is 6.07 Å². The van der Waals surface area contributed by atoms with Crippen molar-refractivity contribution in [2.45, 2.75) is 5.92 Å². The van der Waals surface area contributed by atoms with Gasteiger partial charge in [0.15, 0.2) is 0 Å². The third-order valence-corrected chi connectivity index (χ3v) is 4.12. The smallest absolute Gasteiger partial charge is 0.205 e. The molecule has 2 aromatic carbocycles. The van der Waals surface area contributed by atoms with Crippen molar-refractivity contribution >= 4 is 10.9 Å². The normalized spacial score (nSPS) is 16.4. The van der Waals surface area contributed by atoms with E-state index < -0.39 is 5.92 Å². The molecule has 5 heteroatoms. The highest BCUT2D eigenvalue weighted by atomic mass is 16.5. The van der Waals surface area contributed by atoms with Gasteiger partial charge in [-0.3, -0.25) is 4.98 Å². The van der Waals surface area contributed by atoms with E-state index in [0.29, 0.717) is 17.0 Å². The van der Waals surface area contributed by atoms with Gasteiger partial charge in [0.25, 0.3) is 0 Å². The average Bonchev–Trinajstić information content (AvgIpc) is 2.60. The Balaban J connectivity index is 1.95. The van der Waals surface area contributed by atoms with E-state index in [1.807, 2.05) is 36.4 Å². The summed E-state index contributed by atoms with van der Waals surface area (Å²) in [6, 6.07) is 18.6. The number of hydrogen-bond donors (Lipinski definition) is 2. The van der Waals surface area contributed by atoms with Crippen molar-refractivity contribution in [3.05, 3.63) is 77.3 Å². The Bertz CT molecular complexity index is 1030. The van der Waals surface area contributed by atoms with Gasteiger partial charge in [-0.1, -0.05) is 30.3 Å². The van der Waals surface area contributed by atoms with Crippen LogP contribution in [0.5, 0.6) is 11.5 Å². The summed E-state index contributed by atoms with van der Waals surface area (Å²) in [5.41, 5.74) is 8.54. The van der Waals surface area contributed by atoms with E-state index in [-0.39, 0.29) is 11.6 Å². The second kappa shape index (κ2) is 5.28. The van der Waals surface area contributed by atoms with E-state index in [1.54, 1.807) is 12.1 Å². The van der Waals surface area contributed by atoms with Gasteiger partial charge in [0.1, 0.15) is 23.1 Å². The van der Waals surface area contributed by atoms with Crippen molar-refractivity contribution in [2.75, 3.05) is 0 Å². The molecule has 1 aromatic heterocycles. The first kappa shape index (κ1) is 14.1. The zero-order valence-electron chi connectivity index (χ0n) is 12.6. The minimum atomic E-state index is -0.427. The van der Waals surface area contributed by atoms with Crippen LogP contribution in [0.4, 0.5) is 0 Å². The number of fused-ring (bicyclic) bond motifs is 2. The first-order chi connectivity index (χ1) is 11.7. The molecule has 0 amide bonds. The third kappa shape index (κ3) is 2.13. The summed E-state index contributed by atoms with van der Waals surface area (Å²) >= 11 is 0. The van der Waals surface area contributed by atoms with Crippen molar-refractivity contribution in [3.8, 4) is 17.6 Å². The van der Waals surface area contributed by atoms with Crippen LogP contribution in [0.25, 0.3) is 10.9 Å². The van der Waals surface area contributed by atoms with Gasteiger partial charge in [0, 0.05) is 17.0 Å². The van der Waals surface area contributed by atoms with Gasteiger partial charge in [0.2, 0.25) is 5.88 Å². The van der Waals surface area contributed by atoms with Crippen LogP contribution in [0.3, 0.4) is 0 Å². The summed E-state index contributed by atoms with van der Waals surface area (Å²) in [4.78, 5) is 4.69. The maximum atomic E-state index is 9.68. The number of hydrogen-bond acceptors (Lipinski definition) is 5. The van der Waals surface area contributed by atoms with Crippen LogP contribution < -0.4 is 10.5 Å². The Morgan fingerprint density at radius 2 is 1.96 bits per heavy atom. The van der Waals surface area contributed by atoms with Gasteiger partial charge in [-0.25, -0.2) is 0 Å². The highest BCUT2D eigenvalue weighted by Crippen LogP contribution is 2.42. The van der Waals surface area contributed by atoms with Gasteiger partial charge < -0.3 is 15.6 Å². The summed E-state index contributed by atoms with van der Waals surface area (Å²) in [7, 11) is 0. The molecule has 0 aliphatic carbocycles. The van der Waals surface area contributed by atoms with E-state index in [4.69, 9.17) is 15.5 Å². The number of para-hydroxylation sites is 1. The quantitative estimate of drug-likeness (QED) is 0.719. The van der Waals surface area contributed by atoms with Gasteiger partial charge >= 0.3 is 0 Å². The van der Waals surface area contributed by atoms with E-state index in [9.17, 15) is 10.4 Å². The van der Waals surface area contributed by atoms with Crippen molar-refractivity contribution < 1.29 is 9.84 Å². The third-order valence-electron chi connectivity index (χ3n) is 4.12. The number of rotatable bonds is 1. The lowest BCUT2D eigenvalue weighted by Crippen LogP contribution is -2.21. The largest absolute Gasteiger partial charge is 0.508 e. The molecule has 116 valence electrons. The summed E-state index contributed by atoms with van der Waals surface area (Å²) in [6.45, 7) is 0. The molecular formula is C19H13N3O2. The molecule has 4 rings (SSSR count). The zero-order valence-corrected chi connectivity index (χ0v) is 12.6. The first-order valence-electron chi connectivity index (χ1n) is 7.43. The molecule has 0 bridgehead atoms. The second-order valence-corrected chi connectivity index (χ2v) is 5.58. The van der Waals surface area contributed by atoms with Crippen LogP contribution >= 0.6 is 0 Å². The molecule has 0 radical (unpaired) electrons. The summed E-state index contributed by atoms with van der Waals surface area (Å²) in [5.74, 6) is 0.123. The highest BCUT2D eigenvalue weighted by Gasteiger charge is 2.31. The van der Waals surface area contributed by atoms with Gasteiger partial charge in [-0.2, -0.15) is 5.26 Å². The zero-order chi connectivity index (χ0) is 16.7. The molecule has 0 fully saturated rings. The minimum absolute atomic E-state index is 0.0376. The number of benzene rings is 2. The molecule has 24 heavy (non-hydrogen) atoms. The molecule has 1 aliphatic heterocycles. The molecule has 0 saturated carbocycles. The number of nitrogens with zero attached hydrogens (tertiary/aromatic N) is 2. The molecule has 0 saturated heterocycles. The van der Waals surface area contributed by atoms with Crippen LogP contribution in [0.1, 0.15) is 17.2 Å². The van der Waals surface area contributed by atoms with Crippen molar-refractivity contribution in [3.63, 3.8) is 0 Å². The summed E-state index contributed by atoms with van der Waals surface area (Å²) in [5, 5.41) is 20.2. The van der Waals surface area contributed by atoms with Crippen LogP contribution in [-0.4, -0.2) is 10.1 Å². The molecule has 3 N–H and O–H groups in total. The number of phenolic OH excluding ortho intramolecular Hbond substituents is 1. The lowest BCUT2D eigenvalue weighted by molar-refractivity contribution is 0.387. The van der Waals surface area contributed by atoms with E-state index in [0.717, 1.165) is 16.5 Å². The van der Waals surface area contributed by atoms with E-state index in [1.165, 1.54) is 6.07 Å². The van der Waals surface area contributed by atoms with Gasteiger partial charge in [0.05, 0.1) is 17.1 Å². The Kier molecular flexibility index (Phi) is 3.10. The lowest BCUT2D eigenvalue weighted by atomic mass is 9.86. The van der Waals surface area contributed by atoms with Crippen molar-refractivity contribution in [2.24, 2.45) is 5.73 Å². The van der Waals surface area contributed by atoms with Crippen LogP contribution in [-0.2, 0) is 0 Å². The predicted molar refractivity (Wildman–Crippen MR) is 89.1 cm³/mol. The van der Waals surface area contributed by atoms with Crippen LogP contribution in [0, 0.1) is 11.3 Å². The number of aromatic nitrogens is 1. The number of allylic oxidation sites excluding steroid dienone is 1. The lowest BCUT2D eigenvalue weighted by Gasteiger charge is -2.25. The maximum absolute atomic E-state index is 9.68. The molecule has 1 atom stereocenters. The average molecular weight is 315 g/mol. The summed E-state index contributed by atoms with van der Waals surface area (Å²) in [6.07, 6.45) is 0. The van der Waals surface area contributed by atoms with Gasteiger partial charge in [-0.15, -0.1) is 0 Å². The highest BCUT2D eigenvalue weighted by molar-refractivity contribution is 5.78. The fourth-order valence-corrected chi connectivity index (χ4v) is 2.99. The molecular weight excluding hydrogens is 302 g/mol. The topological polar surface area (TPSA) is 92.2 Å². The second-order valence-electron chi connectivity index (χ2n) is 5.58. The number of nitriles is 1. The van der Waals surface area contributed by atoms with Crippen LogP contribution in [0.15, 0.2) is 66.1 Å². The Hall–Kier alpha value is -3.52. The summed E-state index contributed by atoms with van der Waals surface area (Å²) < 4.78 is 5.50. The van der Waals surface area contributed by atoms with Crippen molar-refractivity contribution in [1.82, 2.24) is 4.98 Å². The van der Waals surface area contributed by atoms with Crippen LogP contribution in [0.2, 0.25) is 0 Å². The number of phenols is 1. The monoisotopic (exact) mass is 315 g/mol.